The largest absolute Gasteiger partial charge is 0.409 e. The van der Waals surface area contributed by atoms with E-state index in [2.05, 4.69) is 5.16 Å². The van der Waals surface area contributed by atoms with Crippen molar-refractivity contribution < 1.29 is 15.1 Å². The van der Waals surface area contributed by atoms with Crippen LogP contribution in [0.25, 0.3) is 0 Å². The molecule has 0 aromatic heterocycles. The lowest BCUT2D eigenvalue weighted by atomic mass is 9.84. The fourth-order valence-electron chi connectivity index (χ4n) is 2.02. The summed E-state index contributed by atoms with van der Waals surface area (Å²) in [5.74, 6) is -0.287. The Bertz CT molecular complexity index is 341. The Hall–Kier alpha value is -1.30. The van der Waals surface area contributed by atoms with Gasteiger partial charge in [0.25, 0.3) is 0 Å². The maximum absolute atomic E-state index is 12.3. The molecule has 0 saturated carbocycles. The first kappa shape index (κ1) is 13.8. The Labute approximate surface area is 101 Å². The molecule has 98 valence electrons. The lowest BCUT2D eigenvalue weighted by molar-refractivity contribution is -0.137. The van der Waals surface area contributed by atoms with Crippen LogP contribution >= 0.6 is 0 Å². The number of amidine groups is 1. The number of oxime groups is 1. The molecule has 6 nitrogen and oxygen atoms in total. The van der Waals surface area contributed by atoms with Gasteiger partial charge in [-0.1, -0.05) is 12.1 Å². The van der Waals surface area contributed by atoms with E-state index in [1.54, 1.807) is 18.7 Å². The third-order valence-electron chi connectivity index (χ3n) is 3.59. The molecule has 2 atom stereocenters. The molecule has 0 bridgehead atoms. The third kappa shape index (κ3) is 2.52. The highest BCUT2D eigenvalue weighted by Crippen LogP contribution is 2.29. The van der Waals surface area contributed by atoms with Crippen LogP contribution in [-0.2, 0) is 4.79 Å². The number of hydrogen-bond acceptors (Lipinski definition) is 4. The molecule has 1 heterocycles. The van der Waals surface area contributed by atoms with Crippen LogP contribution in [0.15, 0.2) is 5.16 Å². The molecule has 0 aromatic rings. The van der Waals surface area contributed by atoms with Crippen molar-refractivity contribution in [1.29, 1.82) is 0 Å². The Balaban J connectivity index is 2.89. The van der Waals surface area contributed by atoms with Gasteiger partial charge in [0.05, 0.1) is 5.60 Å². The molecule has 1 rings (SSSR count). The number of hydrogen-bond donors (Lipinski definition) is 3. The molecule has 6 heteroatoms. The van der Waals surface area contributed by atoms with Crippen molar-refractivity contribution in [2.45, 2.75) is 39.2 Å². The first-order valence-corrected chi connectivity index (χ1v) is 5.76. The highest BCUT2D eigenvalue weighted by atomic mass is 16.4. The second-order valence-electron chi connectivity index (χ2n) is 5.14. The number of likely N-dealkylation sites (tertiary alicyclic amines) is 1. The zero-order valence-corrected chi connectivity index (χ0v) is 10.6. The fraction of sp³-hybridized carbons (Fsp3) is 0.818. The van der Waals surface area contributed by atoms with Gasteiger partial charge < -0.3 is 20.9 Å². The number of carbonyl (C=O) groups excluding carboxylic acids is 1. The molecular formula is C11H21N3O3. The first-order valence-electron chi connectivity index (χ1n) is 5.76. The minimum atomic E-state index is -1.00. The summed E-state index contributed by atoms with van der Waals surface area (Å²) >= 11 is 0. The number of β-amino-alcohol motifs (C(OH)–C–C–N with tert-alkyl or cyclic N) is 1. The summed E-state index contributed by atoms with van der Waals surface area (Å²) in [6, 6.07) is 0. The predicted molar refractivity (Wildman–Crippen MR) is 63.6 cm³/mol. The Morgan fingerprint density at radius 3 is 2.59 bits per heavy atom. The molecule has 1 aliphatic heterocycles. The van der Waals surface area contributed by atoms with E-state index in [0.717, 1.165) is 0 Å². The zero-order valence-electron chi connectivity index (χ0n) is 10.6. The molecular weight excluding hydrogens is 222 g/mol. The highest BCUT2D eigenvalue weighted by Gasteiger charge is 2.43. The second-order valence-corrected chi connectivity index (χ2v) is 5.14. The van der Waals surface area contributed by atoms with Gasteiger partial charge in [-0.25, -0.2) is 0 Å². The summed E-state index contributed by atoms with van der Waals surface area (Å²) in [5, 5.41) is 21.5. The summed E-state index contributed by atoms with van der Waals surface area (Å²) in [6.45, 7) is 5.95. The van der Waals surface area contributed by atoms with Gasteiger partial charge in [0.1, 0.15) is 5.41 Å². The standard InChI is InChI=1S/C11H21N3O3/c1-4-11(3,8(12)13-17)9(15)14-6-5-10(2,16)7-14/h16-17H,4-7H2,1-3H3,(H2,12,13). The molecule has 17 heavy (non-hydrogen) atoms. The maximum Gasteiger partial charge on any atom is 0.236 e. The summed E-state index contributed by atoms with van der Waals surface area (Å²) < 4.78 is 0. The maximum atomic E-state index is 12.3. The van der Waals surface area contributed by atoms with Crippen LogP contribution in [0, 0.1) is 5.41 Å². The quantitative estimate of drug-likeness (QED) is 0.284. The Kier molecular flexibility index (Phi) is 3.66. The van der Waals surface area contributed by atoms with Crippen molar-refractivity contribution in [3.05, 3.63) is 0 Å². The van der Waals surface area contributed by atoms with Gasteiger partial charge >= 0.3 is 0 Å². The van der Waals surface area contributed by atoms with E-state index in [4.69, 9.17) is 10.9 Å². The Morgan fingerprint density at radius 2 is 2.24 bits per heavy atom. The Morgan fingerprint density at radius 1 is 1.65 bits per heavy atom. The zero-order chi connectivity index (χ0) is 13.3. The molecule has 0 radical (unpaired) electrons. The van der Waals surface area contributed by atoms with Gasteiger partial charge in [0.15, 0.2) is 5.84 Å². The first-order chi connectivity index (χ1) is 7.77. The van der Waals surface area contributed by atoms with Crippen molar-refractivity contribution >= 4 is 11.7 Å². The van der Waals surface area contributed by atoms with Crippen LogP contribution in [0.2, 0.25) is 0 Å². The van der Waals surface area contributed by atoms with E-state index < -0.39 is 11.0 Å². The van der Waals surface area contributed by atoms with Crippen molar-refractivity contribution in [1.82, 2.24) is 4.90 Å². The van der Waals surface area contributed by atoms with E-state index in [1.165, 1.54) is 0 Å². The fourth-order valence-corrected chi connectivity index (χ4v) is 2.02. The minimum absolute atomic E-state index is 0.0865. The number of nitrogens with two attached hydrogens (primary N) is 1. The third-order valence-corrected chi connectivity index (χ3v) is 3.59. The van der Waals surface area contributed by atoms with Crippen molar-refractivity contribution in [3.8, 4) is 0 Å². The van der Waals surface area contributed by atoms with E-state index in [1.807, 2.05) is 6.92 Å². The number of carbonyl (C=O) groups is 1. The molecule has 0 aliphatic carbocycles. The lowest BCUT2D eigenvalue weighted by Crippen LogP contribution is -2.49. The average molecular weight is 243 g/mol. The van der Waals surface area contributed by atoms with Gasteiger partial charge in [0, 0.05) is 13.1 Å². The van der Waals surface area contributed by atoms with Crippen LogP contribution in [0.5, 0.6) is 0 Å². The molecule has 1 saturated heterocycles. The van der Waals surface area contributed by atoms with Gasteiger partial charge in [-0.15, -0.1) is 0 Å². The van der Waals surface area contributed by atoms with E-state index in [0.29, 0.717) is 25.9 Å². The lowest BCUT2D eigenvalue weighted by Gasteiger charge is -2.30. The molecule has 2 unspecified atom stereocenters. The van der Waals surface area contributed by atoms with Gasteiger partial charge in [-0.2, -0.15) is 0 Å². The van der Waals surface area contributed by atoms with Crippen molar-refractivity contribution in [2.24, 2.45) is 16.3 Å². The summed E-state index contributed by atoms with van der Waals surface area (Å²) in [4.78, 5) is 13.9. The van der Waals surface area contributed by atoms with E-state index >= 15 is 0 Å². The highest BCUT2D eigenvalue weighted by molar-refractivity contribution is 6.06. The van der Waals surface area contributed by atoms with Gasteiger partial charge in [0.2, 0.25) is 5.91 Å². The monoisotopic (exact) mass is 243 g/mol. The number of rotatable bonds is 3. The summed E-state index contributed by atoms with van der Waals surface area (Å²) in [6.07, 6.45) is 0.995. The topological polar surface area (TPSA) is 99.2 Å². The predicted octanol–water partition coefficient (Wildman–Crippen LogP) is 0.132. The summed E-state index contributed by atoms with van der Waals surface area (Å²) in [5.41, 5.74) is 3.75. The van der Waals surface area contributed by atoms with E-state index in [-0.39, 0.29) is 11.7 Å². The molecule has 4 N–H and O–H groups in total. The van der Waals surface area contributed by atoms with Crippen LogP contribution < -0.4 is 5.73 Å². The van der Waals surface area contributed by atoms with Gasteiger partial charge in [-0.3, -0.25) is 4.79 Å². The van der Waals surface area contributed by atoms with Crippen LogP contribution in [0.4, 0.5) is 0 Å². The van der Waals surface area contributed by atoms with Gasteiger partial charge in [-0.05, 0) is 26.7 Å². The molecule has 0 spiro atoms. The summed E-state index contributed by atoms with van der Waals surface area (Å²) in [7, 11) is 0. The number of nitrogens with zero attached hydrogens (tertiary/aromatic N) is 2. The molecule has 1 fully saturated rings. The normalized spacial score (nSPS) is 29.2. The SMILES string of the molecule is CCC(C)(C(=O)N1CCC(C)(O)C1)C(N)=NO. The molecule has 0 aromatic carbocycles. The van der Waals surface area contributed by atoms with Crippen LogP contribution in [0.1, 0.15) is 33.6 Å². The smallest absolute Gasteiger partial charge is 0.236 e. The van der Waals surface area contributed by atoms with Crippen LogP contribution in [0.3, 0.4) is 0 Å². The molecule has 1 amide bonds. The average Bonchev–Trinajstić information content (AvgIpc) is 2.66. The van der Waals surface area contributed by atoms with Crippen molar-refractivity contribution in [3.63, 3.8) is 0 Å². The molecule has 1 aliphatic rings. The van der Waals surface area contributed by atoms with Crippen molar-refractivity contribution in [2.75, 3.05) is 13.1 Å². The number of aliphatic hydroxyl groups is 1. The van der Waals surface area contributed by atoms with Crippen LogP contribution in [-0.4, -0.2) is 45.6 Å². The second kappa shape index (κ2) is 4.52. The number of amides is 1. The minimum Gasteiger partial charge on any atom is -0.409 e. The van der Waals surface area contributed by atoms with E-state index in [9.17, 15) is 9.90 Å².